The van der Waals surface area contributed by atoms with Crippen molar-refractivity contribution in [2.45, 2.75) is 40.0 Å². The quantitative estimate of drug-likeness (QED) is 0.663. The lowest BCUT2D eigenvalue weighted by Gasteiger charge is -2.23. The molecule has 0 bridgehead atoms. The highest BCUT2D eigenvalue weighted by Gasteiger charge is 2.27. The first-order valence-corrected chi connectivity index (χ1v) is 5.38. The Labute approximate surface area is 90.5 Å². The number of hydrogen-bond acceptors (Lipinski definition) is 4. The van der Waals surface area contributed by atoms with Gasteiger partial charge in [0.2, 0.25) is 0 Å². The van der Waals surface area contributed by atoms with Gasteiger partial charge in [0.25, 0.3) is 0 Å². The van der Waals surface area contributed by atoms with E-state index in [1.807, 2.05) is 0 Å². The number of carbonyl (C=O) groups is 2. The molecule has 1 fully saturated rings. The molecule has 1 rings (SSSR count). The van der Waals surface area contributed by atoms with Gasteiger partial charge in [0.15, 0.2) is 0 Å². The van der Waals surface area contributed by atoms with E-state index in [0.29, 0.717) is 13.0 Å². The van der Waals surface area contributed by atoms with Crippen molar-refractivity contribution in [3.63, 3.8) is 0 Å². The van der Waals surface area contributed by atoms with E-state index in [9.17, 15) is 9.59 Å². The highest BCUT2D eigenvalue weighted by molar-refractivity contribution is 5.81. The maximum Gasteiger partial charge on any atom is 0.330 e. The van der Waals surface area contributed by atoms with Gasteiger partial charge < -0.3 is 4.84 Å². The number of hydrogen-bond donors (Lipinski definition) is 0. The summed E-state index contributed by atoms with van der Waals surface area (Å²) in [6, 6.07) is 0. The van der Waals surface area contributed by atoms with Crippen LogP contribution in [-0.4, -0.2) is 29.9 Å². The average molecular weight is 213 g/mol. The molecule has 0 amide bonds. The highest BCUT2D eigenvalue weighted by atomic mass is 16.7. The summed E-state index contributed by atoms with van der Waals surface area (Å²) in [6.07, 6.45) is 2.40. The minimum Gasteiger partial charge on any atom is -0.367 e. The average Bonchev–Trinajstić information content (AvgIpc) is 2.28. The predicted octanol–water partition coefficient (Wildman–Crippen LogP) is 1.55. The molecule has 0 atom stereocenters. The number of carbonyl (C=O) groups excluding carboxylic acids is 2. The van der Waals surface area contributed by atoms with E-state index in [-0.39, 0.29) is 18.3 Å². The van der Waals surface area contributed by atoms with E-state index in [1.165, 1.54) is 5.06 Å². The first-order chi connectivity index (χ1) is 6.89. The summed E-state index contributed by atoms with van der Waals surface area (Å²) < 4.78 is 0. The zero-order chi connectivity index (χ0) is 11.5. The fourth-order valence-corrected chi connectivity index (χ4v) is 1.30. The fourth-order valence-electron chi connectivity index (χ4n) is 1.30. The largest absolute Gasteiger partial charge is 0.367 e. The van der Waals surface area contributed by atoms with Crippen molar-refractivity contribution in [2.24, 2.45) is 5.41 Å². The molecule has 0 aromatic rings. The molecule has 1 saturated heterocycles. The van der Waals surface area contributed by atoms with Gasteiger partial charge in [0.1, 0.15) is 5.78 Å². The lowest BCUT2D eigenvalue weighted by atomic mass is 9.98. The standard InChI is InChI=1S/C11H19NO3/c1-11(2,3)10(14)15-12-7-5-4-6-9(13)8-12/h4-8H2,1-3H3. The van der Waals surface area contributed by atoms with Crippen LogP contribution in [0.3, 0.4) is 0 Å². The second kappa shape index (κ2) is 4.75. The third-order valence-electron chi connectivity index (χ3n) is 2.29. The van der Waals surface area contributed by atoms with E-state index >= 15 is 0 Å². The summed E-state index contributed by atoms with van der Waals surface area (Å²) >= 11 is 0. The molecule has 0 aromatic carbocycles. The van der Waals surface area contributed by atoms with Crippen LogP contribution in [0.1, 0.15) is 40.0 Å². The van der Waals surface area contributed by atoms with Gasteiger partial charge in [0.05, 0.1) is 12.0 Å². The van der Waals surface area contributed by atoms with E-state index < -0.39 is 5.41 Å². The molecule has 4 heteroatoms. The van der Waals surface area contributed by atoms with Gasteiger partial charge in [-0.05, 0) is 33.6 Å². The summed E-state index contributed by atoms with van der Waals surface area (Å²) in [7, 11) is 0. The highest BCUT2D eigenvalue weighted by Crippen LogP contribution is 2.17. The summed E-state index contributed by atoms with van der Waals surface area (Å²) in [5.74, 6) is -0.133. The Morgan fingerprint density at radius 3 is 2.60 bits per heavy atom. The van der Waals surface area contributed by atoms with Crippen molar-refractivity contribution in [1.29, 1.82) is 0 Å². The SMILES string of the molecule is CC(C)(C)C(=O)ON1CCCCC(=O)C1. The lowest BCUT2D eigenvalue weighted by molar-refractivity contribution is -0.199. The van der Waals surface area contributed by atoms with E-state index in [2.05, 4.69) is 0 Å². The number of ketones is 1. The van der Waals surface area contributed by atoms with Crippen LogP contribution < -0.4 is 0 Å². The molecule has 0 radical (unpaired) electrons. The molecule has 1 aliphatic heterocycles. The molecule has 1 aliphatic rings. The fraction of sp³-hybridized carbons (Fsp3) is 0.818. The van der Waals surface area contributed by atoms with Crippen molar-refractivity contribution in [3.8, 4) is 0 Å². The molecule has 0 N–H and O–H groups in total. The zero-order valence-corrected chi connectivity index (χ0v) is 9.71. The molecule has 0 aliphatic carbocycles. The van der Waals surface area contributed by atoms with Gasteiger partial charge in [-0.2, -0.15) is 0 Å². The Bertz CT molecular complexity index is 255. The van der Waals surface area contributed by atoms with Gasteiger partial charge in [-0.15, -0.1) is 5.06 Å². The number of nitrogens with zero attached hydrogens (tertiary/aromatic N) is 1. The van der Waals surface area contributed by atoms with Crippen LogP contribution in [-0.2, 0) is 14.4 Å². The minimum absolute atomic E-state index is 0.147. The second-order valence-corrected chi connectivity index (χ2v) is 4.99. The Morgan fingerprint density at radius 1 is 1.33 bits per heavy atom. The number of Topliss-reactive ketones (excluding diaryl/α,β-unsaturated/α-hetero) is 1. The molecule has 0 unspecified atom stereocenters. The molecular weight excluding hydrogens is 194 g/mol. The Balaban J connectivity index is 2.50. The number of hydroxylamine groups is 2. The third-order valence-corrected chi connectivity index (χ3v) is 2.29. The van der Waals surface area contributed by atoms with Crippen molar-refractivity contribution in [3.05, 3.63) is 0 Å². The van der Waals surface area contributed by atoms with Crippen LogP contribution in [0.15, 0.2) is 0 Å². The molecule has 1 heterocycles. The normalized spacial score (nSPS) is 19.8. The van der Waals surface area contributed by atoms with Gasteiger partial charge in [-0.25, -0.2) is 4.79 Å². The molecule has 0 saturated carbocycles. The number of rotatable bonds is 1. The van der Waals surface area contributed by atoms with Gasteiger partial charge in [-0.3, -0.25) is 4.79 Å². The Kier molecular flexibility index (Phi) is 3.85. The van der Waals surface area contributed by atoms with Crippen LogP contribution in [0.4, 0.5) is 0 Å². The smallest absolute Gasteiger partial charge is 0.330 e. The zero-order valence-electron chi connectivity index (χ0n) is 9.71. The van der Waals surface area contributed by atoms with Crippen LogP contribution in [0.5, 0.6) is 0 Å². The van der Waals surface area contributed by atoms with Crippen molar-refractivity contribution < 1.29 is 14.4 Å². The third kappa shape index (κ3) is 4.00. The molecular formula is C11H19NO3. The van der Waals surface area contributed by atoms with Gasteiger partial charge in [-0.1, -0.05) is 0 Å². The van der Waals surface area contributed by atoms with Gasteiger partial charge >= 0.3 is 5.97 Å². The first kappa shape index (κ1) is 12.2. The summed E-state index contributed by atoms with van der Waals surface area (Å²) in [6.45, 7) is 6.30. The second-order valence-electron chi connectivity index (χ2n) is 4.99. The van der Waals surface area contributed by atoms with Crippen molar-refractivity contribution in [2.75, 3.05) is 13.1 Å². The van der Waals surface area contributed by atoms with Crippen LogP contribution in [0.25, 0.3) is 0 Å². The topological polar surface area (TPSA) is 46.6 Å². The van der Waals surface area contributed by atoms with Crippen LogP contribution in [0, 0.1) is 5.41 Å². The minimum atomic E-state index is -0.519. The Morgan fingerprint density at radius 2 is 2.00 bits per heavy atom. The maximum atomic E-state index is 11.6. The molecule has 15 heavy (non-hydrogen) atoms. The van der Waals surface area contributed by atoms with E-state index in [4.69, 9.17) is 4.84 Å². The van der Waals surface area contributed by atoms with E-state index in [0.717, 1.165) is 12.8 Å². The summed E-state index contributed by atoms with van der Waals surface area (Å²) in [5.41, 5.74) is -0.519. The molecule has 0 spiro atoms. The van der Waals surface area contributed by atoms with Crippen molar-refractivity contribution in [1.82, 2.24) is 5.06 Å². The van der Waals surface area contributed by atoms with Crippen molar-refractivity contribution >= 4 is 11.8 Å². The summed E-state index contributed by atoms with van der Waals surface area (Å²) in [5, 5.41) is 1.49. The van der Waals surface area contributed by atoms with Gasteiger partial charge in [0, 0.05) is 13.0 Å². The van der Waals surface area contributed by atoms with E-state index in [1.54, 1.807) is 20.8 Å². The molecule has 86 valence electrons. The maximum absolute atomic E-state index is 11.6. The summed E-state index contributed by atoms with van der Waals surface area (Å²) in [4.78, 5) is 28.0. The molecule has 0 aromatic heterocycles. The Hall–Kier alpha value is -0.900. The predicted molar refractivity (Wildman–Crippen MR) is 56.0 cm³/mol. The molecule has 4 nitrogen and oxygen atoms in total. The van der Waals surface area contributed by atoms with Crippen LogP contribution in [0.2, 0.25) is 0 Å². The monoisotopic (exact) mass is 213 g/mol. The van der Waals surface area contributed by atoms with Crippen LogP contribution >= 0.6 is 0 Å². The lowest BCUT2D eigenvalue weighted by Crippen LogP contribution is -2.36. The first-order valence-electron chi connectivity index (χ1n) is 5.38.